The normalized spacial score (nSPS) is 19.3. The number of ether oxygens (including phenoxy) is 2. The summed E-state index contributed by atoms with van der Waals surface area (Å²) in [6.45, 7) is 0.814. The first-order valence-electron chi connectivity index (χ1n) is 8.42. The molecule has 1 aromatic heterocycles. The molecule has 4 rings (SSSR count). The van der Waals surface area contributed by atoms with Crippen molar-refractivity contribution >= 4 is 0 Å². The lowest BCUT2D eigenvalue weighted by molar-refractivity contribution is 0.332. The molecule has 3 aromatic rings. The fraction of sp³-hybridized carbons (Fsp3) is 0.238. The van der Waals surface area contributed by atoms with E-state index < -0.39 is 0 Å². The van der Waals surface area contributed by atoms with Gasteiger partial charge in [-0.05, 0) is 24.3 Å². The molecule has 0 fully saturated rings. The van der Waals surface area contributed by atoms with Crippen LogP contribution >= 0.6 is 0 Å². The van der Waals surface area contributed by atoms with E-state index in [0.29, 0.717) is 0 Å². The van der Waals surface area contributed by atoms with Gasteiger partial charge >= 0.3 is 0 Å². The van der Waals surface area contributed by atoms with Gasteiger partial charge in [-0.3, -0.25) is 0 Å². The van der Waals surface area contributed by atoms with E-state index in [1.807, 2.05) is 36.4 Å². The summed E-state index contributed by atoms with van der Waals surface area (Å²) >= 11 is 0. The van der Waals surface area contributed by atoms with Gasteiger partial charge in [0, 0.05) is 29.6 Å². The Hall–Kier alpha value is -2.72. The van der Waals surface area contributed by atoms with Crippen LogP contribution in [-0.2, 0) is 6.54 Å². The second kappa shape index (κ2) is 6.65. The summed E-state index contributed by atoms with van der Waals surface area (Å²) in [7, 11) is 3.42. The van der Waals surface area contributed by atoms with E-state index >= 15 is 0 Å². The highest BCUT2D eigenvalue weighted by molar-refractivity contribution is 5.43. The van der Waals surface area contributed by atoms with Crippen molar-refractivity contribution in [1.29, 1.82) is 0 Å². The maximum atomic E-state index is 5.58. The Bertz CT molecular complexity index is 872. The van der Waals surface area contributed by atoms with Crippen molar-refractivity contribution in [1.82, 2.24) is 9.88 Å². The number of hydrogen-bond acceptors (Lipinski definition) is 2. The van der Waals surface area contributed by atoms with Gasteiger partial charge in [0.1, 0.15) is 11.5 Å². The molecule has 0 spiro atoms. The van der Waals surface area contributed by atoms with E-state index in [1.54, 1.807) is 14.2 Å². The lowest BCUT2D eigenvalue weighted by atomic mass is 9.96. The molecule has 4 heteroatoms. The number of benzene rings is 2. The molecule has 4 nitrogen and oxygen atoms in total. The highest BCUT2D eigenvalue weighted by atomic mass is 16.5. The van der Waals surface area contributed by atoms with Gasteiger partial charge in [0.2, 0.25) is 0 Å². The standard InChI is InChI=1S/C21H21N2O2/c1-24-19-11-5-3-8-15(19)17-14-23-13-7-10-18(23)21(22-17)16-9-4-6-12-20(16)25-2/h3-13,17,21H,14H2,1-2H3. The fourth-order valence-electron chi connectivity index (χ4n) is 3.58. The smallest absolute Gasteiger partial charge is 0.124 e. The van der Waals surface area contributed by atoms with Crippen LogP contribution in [0.15, 0.2) is 66.9 Å². The summed E-state index contributed by atoms with van der Waals surface area (Å²) in [4.78, 5) is 0. The molecule has 2 aromatic carbocycles. The minimum Gasteiger partial charge on any atom is -0.496 e. The van der Waals surface area contributed by atoms with Crippen molar-refractivity contribution in [2.45, 2.75) is 18.6 Å². The Morgan fingerprint density at radius 2 is 1.48 bits per heavy atom. The Morgan fingerprint density at radius 1 is 0.840 bits per heavy atom. The predicted octanol–water partition coefficient (Wildman–Crippen LogP) is 3.95. The molecule has 25 heavy (non-hydrogen) atoms. The Kier molecular flexibility index (Phi) is 4.20. The van der Waals surface area contributed by atoms with Crippen molar-refractivity contribution in [2.24, 2.45) is 0 Å². The van der Waals surface area contributed by atoms with Crippen LogP contribution in [-0.4, -0.2) is 18.8 Å². The minimum absolute atomic E-state index is 0.0333. The third kappa shape index (κ3) is 2.79. The van der Waals surface area contributed by atoms with E-state index in [9.17, 15) is 0 Å². The number of aromatic nitrogens is 1. The average molecular weight is 333 g/mol. The van der Waals surface area contributed by atoms with Crippen LogP contribution in [0, 0.1) is 0 Å². The van der Waals surface area contributed by atoms with Crippen LogP contribution < -0.4 is 14.8 Å². The summed E-state index contributed by atoms with van der Waals surface area (Å²) in [6.07, 6.45) is 2.12. The maximum absolute atomic E-state index is 5.58. The van der Waals surface area contributed by atoms with Crippen LogP contribution in [0.1, 0.15) is 28.9 Å². The molecule has 0 bridgehead atoms. The van der Waals surface area contributed by atoms with Crippen molar-refractivity contribution in [2.75, 3.05) is 14.2 Å². The van der Waals surface area contributed by atoms with E-state index in [0.717, 1.165) is 29.2 Å². The van der Waals surface area contributed by atoms with Crippen molar-refractivity contribution in [3.8, 4) is 11.5 Å². The van der Waals surface area contributed by atoms with Crippen LogP contribution in [0.2, 0.25) is 0 Å². The topological polar surface area (TPSA) is 37.5 Å². The molecule has 0 saturated carbocycles. The third-order valence-corrected chi connectivity index (χ3v) is 4.77. The van der Waals surface area contributed by atoms with E-state index in [4.69, 9.17) is 14.8 Å². The Labute approximate surface area is 148 Å². The van der Waals surface area contributed by atoms with E-state index in [2.05, 4.69) is 35.0 Å². The summed E-state index contributed by atoms with van der Waals surface area (Å²) in [6, 6.07) is 20.4. The summed E-state index contributed by atoms with van der Waals surface area (Å²) in [5.41, 5.74) is 3.39. The highest BCUT2D eigenvalue weighted by Crippen LogP contribution is 2.39. The van der Waals surface area contributed by atoms with Crippen LogP contribution in [0.3, 0.4) is 0 Å². The van der Waals surface area contributed by atoms with Crippen LogP contribution in [0.25, 0.3) is 0 Å². The predicted molar refractivity (Wildman–Crippen MR) is 97.1 cm³/mol. The van der Waals surface area contributed by atoms with Gasteiger partial charge in [0.15, 0.2) is 0 Å². The number of rotatable bonds is 4. The Balaban J connectivity index is 1.78. The van der Waals surface area contributed by atoms with Gasteiger partial charge in [0.25, 0.3) is 0 Å². The summed E-state index contributed by atoms with van der Waals surface area (Å²) in [5, 5.41) is 5.17. The van der Waals surface area contributed by atoms with Crippen LogP contribution in [0.4, 0.5) is 0 Å². The first-order chi connectivity index (χ1) is 12.3. The lowest BCUT2D eigenvalue weighted by Gasteiger charge is -2.33. The molecule has 0 amide bonds. The fourth-order valence-corrected chi connectivity index (χ4v) is 3.58. The quantitative estimate of drug-likeness (QED) is 0.725. The van der Waals surface area contributed by atoms with Gasteiger partial charge in [-0.1, -0.05) is 36.4 Å². The number of para-hydroxylation sites is 2. The summed E-state index contributed by atoms with van der Waals surface area (Å²) < 4.78 is 13.4. The average Bonchev–Trinajstić information content (AvgIpc) is 3.15. The van der Waals surface area contributed by atoms with Crippen molar-refractivity contribution < 1.29 is 9.47 Å². The van der Waals surface area contributed by atoms with Crippen molar-refractivity contribution in [3.05, 3.63) is 83.7 Å². The second-order valence-electron chi connectivity index (χ2n) is 6.14. The first-order valence-corrected chi connectivity index (χ1v) is 8.42. The number of fused-ring (bicyclic) bond motifs is 1. The molecule has 0 saturated heterocycles. The van der Waals surface area contributed by atoms with Gasteiger partial charge in [-0.2, -0.15) is 0 Å². The molecule has 2 heterocycles. The van der Waals surface area contributed by atoms with E-state index in [-0.39, 0.29) is 12.1 Å². The zero-order valence-electron chi connectivity index (χ0n) is 14.4. The first kappa shape index (κ1) is 15.8. The summed E-state index contributed by atoms with van der Waals surface area (Å²) in [5.74, 6) is 1.75. The second-order valence-corrected chi connectivity index (χ2v) is 6.14. The molecule has 1 radical (unpaired) electrons. The molecule has 2 unspecified atom stereocenters. The third-order valence-electron chi connectivity index (χ3n) is 4.77. The molecule has 1 aliphatic heterocycles. The lowest BCUT2D eigenvalue weighted by Crippen LogP contribution is -2.32. The number of methoxy groups -OCH3 is 2. The minimum atomic E-state index is -0.0604. The van der Waals surface area contributed by atoms with Gasteiger partial charge in [0.05, 0.1) is 26.3 Å². The molecule has 1 aliphatic rings. The molecular formula is C21H21N2O2. The molecule has 0 aliphatic carbocycles. The van der Waals surface area contributed by atoms with Gasteiger partial charge < -0.3 is 14.0 Å². The number of nitrogens with zero attached hydrogens (tertiary/aromatic N) is 2. The monoisotopic (exact) mass is 333 g/mol. The molecule has 2 atom stereocenters. The zero-order valence-corrected chi connectivity index (χ0v) is 14.4. The van der Waals surface area contributed by atoms with E-state index in [1.165, 1.54) is 5.69 Å². The number of hydrogen-bond donors (Lipinski definition) is 0. The molecule has 0 N–H and O–H groups in total. The van der Waals surface area contributed by atoms with Gasteiger partial charge in [-0.15, -0.1) is 0 Å². The van der Waals surface area contributed by atoms with Gasteiger partial charge in [-0.25, -0.2) is 5.32 Å². The SMILES string of the molecule is COc1ccccc1C1Cn2cccc2C(c2ccccc2OC)[N]1. The molecular weight excluding hydrogens is 312 g/mol. The van der Waals surface area contributed by atoms with Crippen LogP contribution in [0.5, 0.6) is 11.5 Å². The maximum Gasteiger partial charge on any atom is 0.124 e. The van der Waals surface area contributed by atoms with Crippen molar-refractivity contribution in [3.63, 3.8) is 0 Å². The highest BCUT2D eigenvalue weighted by Gasteiger charge is 2.32. The largest absolute Gasteiger partial charge is 0.496 e. The molecule has 127 valence electrons. The Morgan fingerprint density at radius 3 is 2.20 bits per heavy atom. The zero-order chi connectivity index (χ0) is 17.2.